The molecule has 21 heterocycles. The number of nitrogens with one attached hydrogen (secondary N) is 5. The highest BCUT2D eigenvalue weighted by Gasteiger charge is 2.49. The summed E-state index contributed by atoms with van der Waals surface area (Å²) >= 11 is 37.4. The van der Waals surface area contributed by atoms with Gasteiger partial charge in [0.2, 0.25) is 28.2 Å². The number of benzene rings is 4. The van der Waals surface area contributed by atoms with Crippen LogP contribution >= 0.6 is 137 Å². The predicted octanol–water partition coefficient (Wildman–Crippen LogP) is 20.5. The largest absolute Gasteiger partial charge is 0.381 e. The molecule has 0 amide bonds. The molecule has 10 aliphatic heterocycles. The first-order chi connectivity index (χ1) is 67.0. The van der Waals surface area contributed by atoms with Crippen molar-refractivity contribution in [1.29, 1.82) is 0 Å². The van der Waals surface area contributed by atoms with Gasteiger partial charge < -0.3 is 48.2 Å². The summed E-state index contributed by atoms with van der Waals surface area (Å²) in [7, 11) is 0. The van der Waals surface area contributed by atoms with Crippen molar-refractivity contribution < 1.29 is 32.5 Å². The van der Waals surface area contributed by atoms with Crippen LogP contribution in [0, 0.1) is 68.3 Å². The molecule has 31 nitrogen and oxygen atoms in total. The second-order valence-electron chi connectivity index (χ2n) is 38.9. The number of fused-ring (bicyclic) bond motifs is 5. The summed E-state index contributed by atoms with van der Waals surface area (Å²) in [4.78, 5) is 62.1. The van der Waals surface area contributed by atoms with E-state index in [1.54, 1.807) is 48.9 Å². The van der Waals surface area contributed by atoms with Crippen molar-refractivity contribution in [2.45, 2.75) is 98.8 Å². The smallest absolute Gasteiger partial charge is 0.202 e. The molecular formula is C99H116Cl6F2N26O5S5. The number of piperidine rings is 5. The summed E-state index contributed by atoms with van der Waals surface area (Å²) < 4.78 is 56.7. The van der Waals surface area contributed by atoms with E-state index in [1.165, 1.54) is 12.1 Å². The van der Waals surface area contributed by atoms with Crippen LogP contribution in [0.5, 0.6) is 0 Å². The minimum absolute atomic E-state index is 0. The van der Waals surface area contributed by atoms with Crippen LogP contribution in [-0.4, -0.2) is 237 Å². The van der Waals surface area contributed by atoms with Crippen LogP contribution < -0.4 is 24.5 Å². The van der Waals surface area contributed by atoms with Gasteiger partial charge in [-0.05, 0) is 136 Å². The highest BCUT2D eigenvalue weighted by molar-refractivity contribution is 7.60. The number of aromatic amines is 5. The van der Waals surface area contributed by atoms with Crippen molar-refractivity contribution in [1.82, 2.24) is 106 Å². The molecule has 25 rings (SSSR count). The molecule has 0 saturated carbocycles. The number of nitrogens with zero attached hydrogens (tertiary/aromatic N) is 21. The quantitative estimate of drug-likeness (QED) is 0.0794. The van der Waals surface area contributed by atoms with E-state index in [0.717, 1.165) is 264 Å². The molecule has 143 heavy (non-hydrogen) atoms. The molecule has 0 unspecified atom stereocenters. The third-order valence-electron chi connectivity index (χ3n) is 31.5. The zero-order chi connectivity index (χ0) is 94.8. The predicted molar refractivity (Wildman–Crippen MR) is 585 cm³/mol. The summed E-state index contributed by atoms with van der Waals surface area (Å²) in [6.45, 7) is 29.8. The average molecular weight is 2160 g/mol. The molecule has 11 aromatic heterocycles. The Morgan fingerprint density at radius 2 is 0.559 bits per heavy atom. The summed E-state index contributed by atoms with van der Waals surface area (Å²) in [5, 5.41) is 38.9. The maximum absolute atomic E-state index is 14.3. The molecule has 4 aromatic carbocycles. The van der Waals surface area contributed by atoms with Crippen molar-refractivity contribution in [3.63, 3.8) is 0 Å². The van der Waals surface area contributed by atoms with Gasteiger partial charge in [0.05, 0.1) is 123 Å². The SMILES string of the molecule is C[C@@H]1COCC12CCN(c1cnc3c(-c4c(F)cccc4Cl)[nH]nc3n1)CC2.C[C@@H]1COCC12CCN(c1cnc3c(-c4cccc(Cl)c4Cl)[nH]nc3n1)CC2.C[C@@H]1COCC12CCN(c1cnc3c(-c4cccc(F)c4Cl)[nH]nc3n1)CC2.C[C@@H]1COCC12CCN(c1cnc3c(-c4ccccc4Cl)[nH]nc3n1)CC2.C[C@@H]1COCC12CCN(c1cnc3c(-c4cccnc4Cl)[nH]nc3n1)CC2.S.S.S.S.S. The highest BCUT2D eigenvalue weighted by Crippen LogP contribution is 2.51. The van der Waals surface area contributed by atoms with Gasteiger partial charge in [0.1, 0.15) is 73.5 Å². The number of halogens is 8. The van der Waals surface area contributed by atoms with Gasteiger partial charge in [-0.15, -0.1) is 0 Å². The number of pyridine rings is 1. The fourth-order valence-corrected chi connectivity index (χ4v) is 23.2. The summed E-state index contributed by atoms with van der Waals surface area (Å²) in [6.07, 6.45) is 21.8. The third kappa shape index (κ3) is 20.9. The van der Waals surface area contributed by atoms with Crippen LogP contribution in [0.1, 0.15) is 98.8 Å². The topological polar surface area (TPSA) is 348 Å². The number of hydrogen-bond donors (Lipinski definition) is 5. The van der Waals surface area contributed by atoms with E-state index >= 15 is 0 Å². The van der Waals surface area contributed by atoms with Crippen LogP contribution in [0.3, 0.4) is 0 Å². The van der Waals surface area contributed by atoms with E-state index in [2.05, 4.69) is 150 Å². The zero-order valence-corrected chi connectivity index (χ0v) is 89.2. The van der Waals surface area contributed by atoms with Crippen molar-refractivity contribution in [3.05, 3.63) is 170 Å². The van der Waals surface area contributed by atoms with Gasteiger partial charge >= 0.3 is 0 Å². The van der Waals surface area contributed by atoms with Gasteiger partial charge in [0.15, 0.2) is 0 Å². The first-order valence-electron chi connectivity index (χ1n) is 47.4. The molecule has 0 aliphatic carbocycles. The lowest BCUT2D eigenvalue weighted by molar-refractivity contribution is 0.127. The lowest BCUT2D eigenvalue weighted by Crippen LogP contribution is -2.43. The zero-order valence-electron chi connectivity index (χ0n) is 79.7. The van der Waals surface area contributed by atoms with E-state index in [9.17, 15) is 8.78 Å². The Morgan fingerprint density at radius 1 is 0.294 bits per heavy atom. The fourth-order valence-electron chi connectivity index (χ4n) is 21.9. The normalized spacial score (nSPS) is 21.0. The maximum Gasteiger partial charge on any atom is 0.202 e. The number of aromatic nitrogens is 21. The second kappa shape index (κ2) is 44.9. The third-order valence-corrected chi connectivity index (χ3v) is 33.7. The van der Waals surface area contributed by atoms with Crippen molar-refractivity contribution >= 4 is 222 Å². The molecule has 10 fully saturated rings. The Bertz CT molecular complexity index is 6630. The Hall–Kier alpha value is -9.07. The molecule has 5 atom stereocenters. The molecule has 0 radical (unpaired) electrons. The molecule has 0 bridgehead atoms. The number of hydrogen-bond acceptors (Lipinski definition) is 26. The summed E-state index contributed by atoms with van der Waals surface area (Å²) in [5.74, 6) is 6.45. The van der Waals surface area contributed by atoms with Crippen molar-refractivity contribution in [2.75, 3.05) is 156 Å². The van der Waals surface area contributed by atoms with Crippen molar-refractivity contribution in [3.8, 4) is 56.3 Å². The lowest BCUT2D eigenvalue weighted by atomic mass is 9.72. The molecular weight excluding hydrogens is 2040 g/mol. The highest BCUT2D eigenvalue weighted by atomic mass is 35.5. The first kappa shape index (κ1) is 107. The Kier molecular flexibility index (Phi) is 33.5. The summed E-state index contributed by atoms with van der Waals surface area (Å²) in [5.41, 5.74) is 14.2. The molecule has 10 saturated heterocycles. The number of anilines is 5. The van der Waals surface area contributed by atoms with Crippen LogP contribution in [0.2, 0.25) is 30.3 Å². The molecule has 10 aliphatic rings. The Labute approximate surface area is 891 Å². The lowest BCUT2D eigenvalue weighted by Gasteiger charge is -2.41. The van der Waals surface area contributed by atoms with Gasteiger partial charge in [-0.1, -0.05) is 153 Å². The number of H-pyrrole nitrogens is 5. The minimum atomic E-state index is -0.473. The standard InChI is InChI=1S/C20H21Cl2N5O.2C20H21ClFN5O.C20H22ClN5O.C19H21ClN6O.5H2S/c1-12-10-28-11-20(12)5-7-27(8-6-20)15-9-23-18-17(25-26-19(18)24-15)13-3-2-4-14(21)16(13)22;1-12-10-28-11-20(12)5-7-27(8-6-20)15-9-23-18-17(25-26-19(18)24-15)16-13(21)3-2-4-14(16)22;1-12-10-28-11-20(12)5-7-27(8-6-20)15-9-23-18-17(25-26-19(18)24-15)13-3-2-4-14(22)16(13)21;1-13-11-27-12-20(13)6-8-26(9-7-20)16-10-22-18-17(24-25-19(18)23-16)14-4-2-3-5-15(14)21;1-12-10-27-11-19(12)4-7-26(8-5-19)14-9-22-16-15(24-25-18(16)23-14)13-3-2-6-21-17(13)20;;;;;/h3*2-4,9,12H,5-8,10-11H2,1H3,(H,24,25,26);2-5,10,13H,6-9,11-12H2,1H3,(H,23,24,25);2-3,6,9,12H,4-5,7-8,10-11H2,1H3,(H,23,24,25);5*1H2/t3*12-;13-;12-;;;;;/m11111...../s1. The van der Waals surface area contributed by atoms with Crippen molar-refractivity contribution in [2.24, 2.45) is 56.7 Å². The van der Waals surface area contributed by atoms with Gasteiger partial charge in [0.25, 0.3) is 0 Å². The monoisotopic (exact) mass is 2160 g/mol. The van der Waals surface area contributed by atoms with Crippen LogP contribution in [0.15, 0.2) is 128 Å². The van der Waals surface area contributed by atoms with E-state index in [0.29, 0.717) is 149 Å². The molecule has 15 aromatic rings. The van der Waals surface area contributed by atoms with Crippen LogP contribution in [0.4, 0.5) is 37.9 Å². The number of ether oxygens (including phenoxy) is 5. The Morgan fingerprint density at radius 3 is 0.881 bits per heavy atom. The van der Waals surface area contributed by atoms with E-state index in [-0.39, 0.29) is 78.1 Å². The van der Waals surface area contributed by atoms with Crippen LogP contribution in [0.25, 0.3) is 112 Å². The van der Waals surface area contributed by atoms with Gasteiger partial charge in [-0.2, -0.15) is 93.0 Å². The fraction of sp³-hybridized carbons (Fsp3) is 0.455. The van der Waals surface area contributed by atoms with Gasteiger partial charge in [-0.3, -0.25) is 25.5 Å². The van der Waals surface area contributed by atoms with E-state index < -0.39 is 11.6 Å². The second-order valence-corrected chi connectivity index (χ2v) is 41.3. The molecule has 5 N–H and O–H groups in total. The van der Waals surface area contributed by atoms with Crippen LogP contribution in [-0.2, 0) is 23.7 Å². The molecule has 5 spiro atoms. The Balaban J connectivity index is 0.000000127. The first-order valence-corrected chi connectivity index (χ1v) is 49.7. The van der Waals surface area contributed by atoms with E-state index in [1.807, 2.05) is 67.1 Å². The summed E-state index contributed by atoms with van der Waals surface area (Å²) in [6, 6.07) is 26.2. The maximum atomic E-state index is 14.3. The number of rotatable bonds is 10. The average Bonchev–Trinajstić information content (AvgIpc) is 1.58. The van der Waals surface area contributed by atoms with E-state index in [4.69, 9.17) is 108 Å². The minimum Gasteiger partial charge on any atom is -0.381 e. The van der Waals surface area contributed by atoms with Gasteiger partial charge in [0, 0.05) is 154 Å². The molecule has 758 valence electrons. The molecule has 44 heteroatoms. The van der Waals surface area contributed by atoms with Gasteiger partial charge in [-0.25, -0.2) is 63.6 Å².